The van der Waals surface area contributed by atoms with Crippen LogP contribution in [0, 0.1) is 0 Å². The Balaban J connectivity index is 2.16. The van der Waals surface area contributed by atoms with Gasteiger partial charge >= 0.3 is 0 Å². The Morgan fingerprint density at radius 1 is 1.15 bits per heavy atom. The number of methoxy groups -OCH3 is 2. The summed E-state index contributed by atoms with van der Waals surface area (Å²) in [7, 11) is 3.33. The molecular formula is C15H23BrN2O2. The predicted molar refractivity (Wildman–Crippen MR) is 84.6 cm³/mol. The van der Waals surface area contributed by atoms with E-state index in [1.54, 1.807) is 14.2 Å². The Hall–Kier alpha value is -0.780. The van der Waals surface area contributed by atoms with Gasteiger partial charge in [-0.15, -0.1) is 0 Å². The second kappa shape index (κ2) is 6.78. The minimum atomic E-state index is 0.526. The second-order valence-corrected chi connectivity index (χ2v) is 6.32. The fraction of sp³-hybridized carbons (Fsp3) is 0.600. The van der Waals surface area contributed by atoms with E-state index < -0.39 is 0 Å². The molecule has 0 aromatic heterocycles. The van der Waals surface area contributed by atoms with Gasteiger partial charge in [0.05, 0.1) is 14.2 Å². The van der Waals surface area contributed by atoms with E-state index in [9.17, 15) is 0 Å². The number of halogens is 1. The van der Waals surface area contributed by atoms with Crippen LogP contribution in [0.3, 0.4) is 0 Å². The molecule has 20 heavy (non-hydrogen) atoms. The highest BCUT2D eigenvalue weighted by atomic mass is 79.9. The van der Waals surface area contributed by atoms with Crippen molar-refractivity contribution in [3.63, 3.8) is 0 Å². The van der Waals surface area contributed by atoms with Crippen molar-refractivity contribution in [2.24, 2.45) is 0 Å². The lowest BCUT2D eigenvalue weighted by molar-refractivity contribution is 0.166. The standard InChI is InChI=1S/C15H23BrN2O2/c1-10-7-18(8-11(2)17-10)9-12-5-14(19-3)15(20-4)6-13(12)16/h5-6,10-11,17H,7-9H2,1-4H3. The molecule has 1 heterocycles. The minimum absolute atomic E-state index is 0.526. The Bertz CT molecular complexity index is 457. The average Bonchev–Trinajstić information content (AvgIpc) is 2.39. The molecule has 0 bridgehead atoms. The summed E-state index contributed by atoms with van der Waals surface area (Å²) >= 11 is 3.63. The van der Waals surface area contributed by atoms with Crippen molar-refractivity contribution in [2.45, 2.75) is 32.5 Å². The van der Waals surface area contributed by atoms with E-state index in [-0.39, 0.29) is 0 Å². The third-order valence-corrected chi connectivity index (χ3v) is 4.32. The fourth-order valence-corrected chi connectivity index (χ4v) is 3.28. The highest BCUT2D eigenvalue weighted by molar-refractivity contribution is 9.10. The van der Waals surface area contributed by atoms with E-state index in [0.717, 1.165) is 35.6 Å². The normalized spacial score (nSPS) is 23.6. The minimum Gasteiger partial charge on any atom is -0.493 e. The maximum absolute atomic E-state index is 5.39. The van der Waals surface area contributed by atoms with Crippen LogP contribution in [0.15, 0.2) is 16.6 Å². The molecule has 0 saturated carbocycles. The molecule has 1 N–H and O–H groups in total. The van der Waals surface area contributed by atoms with Gasteiger partial charge in [-0.1, -0.05) is 15.9 Å². The van der Waals surface area contributed by atoms with Gasteiger partial charge in [0.1, 0.15) is 0 Å². The largest absolute Gasteiger partial charge is 0.493 e. The Kier molecular flexibility index (Phi) is 5.29. The summed E-state index contributed by atoms with van der Waals surface area (Å²) in [4.78, 5) is 2.47. The molecule has 1 fully saturated rings. The summed E-state index contributed by atoms with van der Waals surface area (Å²) in [6.07, 6.45) is 0. The smallest absolute Gasteiger partial charge is 0.161 e. The van der Waals surface area contributed by atoms with Crippen molar-refractivity contribution < 1.29 is 9.47 Å². The molecule has 1 aromatic rings. The lowest BCUT2D eigenvalue weighted by Crippen LogP contribution is -2.53. The number of hydrogen-bond donors (Lipinski definition) is 1. The van der Waals surface area contributed by atoms with Crippen molar-refractivity contribution in [3.8, 4) is 11.5 Å². The van der Waals surface area contributed by atoms with E-state index in [1.165, 1.54) is 5.56 Å². The van der Waals surface area contributed by atoms with Gasteiger partial charge in [-0.2, -0.15) is 0 Å². The number of hydrogen-bond acceptors (Lipinski definition) is 4. The fourth-order valence-electron chi connectivity index (χ4n) is 2.83. The molecule has 4 nitrogen and oxygen atoms in total. The van der Waals surface area contributed by atoms with Crippen LogP contribution < -0.4 is 14.8 Å². The maximum Gasteiger partial charge on any atom is 0.161 e. The first-order valence-corrected chi connectivity index (χ1v) is 7.71. The zero-order valence-electron chi connectivity index (χ0n) is 12.6. The first-order valence-electron chi connectivity index (χ1n) is 6.92. The summed E-state index contributed by atoms with van der Waals surface area (Å²) < 4.78 is 11.8. The highest BCUT2D eigenvalue weighted by Crippen LogP contribution is 2.34. The van der Waals surface area contributed by atoms with Gasteiger partial charge in [0, 0.05) is 36.2 Å². The molecule has 2 unspecified atom stereocenters. The second-order valence-electron chi connectivity index (χ2n) is 5.46. The SMILES string of the molecule is COc1cc(Br)c(CN2CC(C)NC(C)C2)cc1OC. The van der Waals surface area contributed by atoms with E-state index in [4.69, 9.17) is 9.47 Å². The molecule has 5 heteroatoms. The van der Waals surface area contributed by atoms with Crippen molar-refractivity contribution in [3.05, 3.63) is 22.2 Å². The topological polar surface area (TPSA) is 33.7 Å². The molecule has 1 aromatic carbocycles. The summed E-state index contributed by atoms with van der Waals surface area (Å²) in [5, 5.41) is 3.55. The first kappa shape index (κ1) is 15.6. The molecule has 2 rings (SSSR count). The Morgan fingerprint density at radius 3 is 2.25 bits per heavy atom. The molecule has 112 valence electrons. The Labute approximate surface area is 129 Å². The van der Waals surface area contributed by atoms with Crippen LogP contribution in [0.1, 0.15) is 19.4 Å². The van der Waals surface area contributed by atoms with Crippen LogP contribution in [0.5, 0.6) is 11.5 Å². The summed E-state index contributed by atoms with van der Waals surface area (Å²) in [5.74, 6) is 1.53. The summed E-state index contributed by atoms with van der Waals surface area (Å²) in [5.41, 5.74) is 1.23. The van der Waals surface area contributed by atoms with Crippen molar-refractivity contribution in [1.82, 2.24) is 10.2 Å². The lowest BCUT2D eigenvalue weighted by atomic mass is 10.1. The molecule has 1 aliphatic rings. The van der Waals surface area contributed by atoms with Gasteiger partial charge in [0.15, 0.2) is 11.5 Å². The summed E-state index contributed by atoms with van der Waals surface area (Å²) in [6, 6.07) is 5.08. The van der Waals surface area contributed by atoms with Crippen molar-refractivity contribution in [1.29, 1.82) is 0 Å². The van der Waals surface area contributed by atoms with Gasteiger partial charge < -0.3 is 14.8 Å². The van der Waals surface area contributed by atoms with E-state index in [0.29, 0.717) is 12.1 Å². The number of nitrogens with one attached hydrogen (secondary N) is 1. The van der Waals surface area contributed by atoms with Crippen LogP contribution in [0.2, 0.25) is 0 Å². The third kappa shape index (κ3) is 3.65. The molecule has 0 aliphatic carbocycles. The third-order valence-electron chi connectivity index (χ3n) is 3.58. The van der Waals surface area contributed by atoms with Gasteiger partial charge in [0.25, 0.3) is 0 Å². The molecule has 1 saturated heterocycles. The number of ether oxygens (including phenoxy) is 2. The van der Waals surface area contributed by atoms with E-state index >= 15 is 0 Å². The van der Waals surface area contributed by atoms with Crippen molar-refractivity contribution in [2.75, 3.05) is 27.3 Å². The van der Waals surface area contributed by atoms with Gasteiger partial charge in [-0.05, 0) is 31.5 Å². The number of benzene rings is 1. The van der Waals surface area contributed by atoms with Gasteiger partial charge in [0.2, 0.25) is 0 Å². The summed E-state index contributed by atoms with van der Waals surface area (Å²) in [6.45, 7) is 7.49. The molecular weight excluding hydrogens is 320 g/mol. The van der Waals surface area contributed by atoms with Crippen LogP contribution in [0.25, 0.3) is 0 Å². The zero-order chi connectivity index (χ0) is 14.7. The quantitative estimate of drug-likeness (QED) is 0.911. The van der Waals surface area contributed by atoms with Crippen molar-refractivity contribution >= 4 is 15.9 Å². The molecule has 0 spiro atoms. The zero-order valence-corrected chi connectivity index (χ0v) is 14.2. The number of piperazine rings is 1. The molecule has 2 atom stereocenters. The van der Waals surface area contributed by atoms with Crippen LogP contribution >= 0.6 is 15.9 Å². The lowest BCUT2D eigenvalue weighted by Gasteiger charge is -2.36. The predicted octanol–water partition coefficient (Wildman–Crippen LogP) is 2.65. The first-order chi connectivity index (χ1) is 9.53. The van der Waals surface area contributed by atoms with E-state index in [1.807, 2.05) is 6.07 Å². The Morgan fingerprint density at radius 2 is 1.70 bits per heavy atom. The highest BCUT2D eigenvalue weighted by Gasteiger charge is 2.22. The van der Waals surface area contributed by atoms with Crippen LogP contribution in [-0.4, -0.2) is 44.3 Å². The number of rotatable bonds is 4. The molecule has 1 aliphatic heterocycles. The van der Waals surface area contributed by atoms with Gasteiger partial charge in [-0.25, -0.2) is 0 Å². The molecule has 0 radical (unpaired) electrons. The average molecular weight is 343 g/mol. The van der Waals surface area contributed by atoms with Crippen LogP contribution in [-0.2, 0) is 6.54 Å². The molecule has 0 amide bonds. The van der Waals surface area contributed by atoms with E-state index in [2.05, 4.69) is 46.1 Å². The number of nitrogens with zero attached hydrogens (tertiary/aromatic N) is 1. The maximum atomic E-state index is 5.39. The van der Waals surface area contributed by atoms with Crippen LogP contribution in [0.4, 0.5) is 0 Å². The van der Waals surface area contributed by atoms with Gasteiger partial charge in [-0.3, -0.25) is 4.90 Å². The monoisotopic (exact) mass is 342 g/mol.